The second kappa shape index (κ2) is 6.48. The van der Waals surface area contributed by atoms with Crippen molar-refractivity contribution < 1.29 is 9.18 Å². The molecule has 0 spiro atoms. The fourth-order valence-corrected chi connectivity index (χ4v) is 2.62. The number of rotatable bonds is 6. The maximum atomic E-state index is 13.0. The summed E-state index contributed by atoms with van der Waals surface area (Å²) in [6.07, 6.45) is 2.05. The van der Waals surface area contributed by atoms with Gasteiger partial charge in [-0.25, -0.2) is 4.39 Å². The van der Waals surface area contributed by atoms with Crippen molar-refractivity contribution in [2.24, 2.45) is 5.92 Å². The average Bonchev–Trinajstić information content (AvgIpc) is 3.18. The van der Waals surface area contributed by atoms with Crippen molar-refractivity contribution in [2.45, 2.75) is 25.8 Å². The zero-order valence-electron chi connectivity index (χ0n) is 10.9. The van der Waals surface area contributed by atoms with Gasteiger partial charge < -0.3 is 10.6 Å². The van der Waals surface area contributed by atoms with Crippen molar-refractivity contribution in [3.8, 4) is 0 Å². The highest BCUT2D eigenvalue weighted by molar-refractivity contribution is 9.10. The van der Waals surface area contributed by atoms with Gasteiger partial charge in [0.25, 0.3) is 0 Å². The molecule has 0 heterocycles. The molecule has 1 saturated carbocycles. The van der Waals surface area contributed by atoms with Gasteiger partial charge in [-0.15, -0.1) is 0 Å². The fraction of sp³-hybridized carbons (Fsp3) is 0.500. The smallest absolute Gasteiger partial charge is 0.223 e. The van der Waals surface area contributed by atoms with Crippen LogP contribution in [0.4, 0.5) is 4.39 Å². The van der Waals surface area contributed by atoms with Crippen LogP contribution in [-0.2, 0) is 4.79 Å². The summed E-state index contributed by atoms with van der Waals surface area (Å²) in [6, 6.07) is 4.78. The van der Waals surface area contributed by atoms with E-state index in [-0.39, 0.29) is 23.7 Å². The Morgan fingerprint density at radius 1 is 1.47 bits per heavy atom. The molecule has 0 radical (unpaired) electrons. The standard InChI is InChI=1S/C14H18BrFN2O/c1-9(12-5-4-11(16)8-13(12)15)17-6-7-18-14(19)10-2-3-10/h4-5,8-10,17H,2-3,6-7H2,1H3,(H,18,19). The van der Waals surface area contributed by atoms with Crippen LogP contribution in [0.15, 0.2) is 22.7 Å². The van der Waals surface area contributed by atoms with E-state index in [0.717, 1.165) is 22.9 Å². The molecule has 0 bridgehead atoms. The lowest BCUT2D eigenvalue weighted by Crippen LogP contribution is -2.33. The number of nitrogens with one attached hydrogen (secondary N) is 2. The molecule has 0 aromatic heterocycles. The van der Waals surface area contributed by atoms with Gasteiger partial charge in [-0.1, -0.05) is 22.0 Å². The highest BCUT2D eigenvalue weighted by Crippen LogP contribution is 2.28. The maximum Gasteiger partial charge on any atom is 0.223 e. The number of halogens is 2. The van der Waals surface area contributed by atoms with Gasteiger partial charge in [0.15, 0.2) is 0 Å². The van der Waals surface area contributed by atoms with Gasteiger partial charge in [-0.3, -0.25) is 4.79 Å². The molecule has 0 saturated heterocycles. The van der Waals surface area contributed by atoms with Crippen LogP contribution in [0.5, 0.6) is 0 Å². The topological polar surface area (TPSA) is 41.1 Å². The minimum atomic E-state index is -0.250. The van der Waals surface area contributed by atoms with Gasteiger partial charge in [0.05, 0.1) is 0 Å². The molecule has 0 aliphatic heterocycles. The number of amides is 1. The molecule has 3 nitrogen and oxygen atoms in total. The average molecular weight is 329 g/mol. The third-order valence-corrected chi connectivity index (χ3v) is 3.94. The van der Waals surface area contributed by atoms with Crippen LogP contribution < -0.4 is 10.6 Å². The first-order valence-electron chi connectivity index (χ1n) is 6.54. The Hall–Kier alpha value is -0.940. The predicted molar refractivity (Wildman–Crippen MR) is 76.3 cm³/mol. The van der Waals surface area contributed by atoms with Gasteiger partial charge in [0.1, 0.15) is 5.82 Å². The molecule has 1 aromatic carbocycles. The van der Waals surface area contributed by atoms with Crippen LogP contribution in [0.3, 0.4) is 0 Å². The quantitative estimate of drug-likeness (QED) is 0.788. The van der Waals surface area contributed by atoms with E-state index in [9.17, 15) is 9.18 Å². The minimum Gasteiger partial charge on any atom is -0.355 e. The lowest BCUT2D eigenvalue weighted by molar-refractivity contribution is -0.122. The van der Waals surface area contributed by atoms with E-state index in [1.165, 1.54) is 12.1 Å². The predicted octanol–water partition coefficient (Wildman–Crippen LogP) is 2.77. The minimum absolute atomic E-state index is 0.104. The van der Waals surface area contributed by atoms with Crippen LogP contribution in [0.2, 0.25) is 0 Å². The number of hydrogen-bond donors (Lipinski definition) is 2. The summed E-state index contributed by atoms with van der Waals surface area (Å²) in [5, 5.41) is 6.21. The Labute approximate surface area is 121 Å². The first kappa shape index (κ1) is 14.5. The number of hydrogen-bond acceptors (Lipinski definition) is 2. The number of carbonyl (C=O) groups is 1. The molecule has 1 amide bonds. The van der Waals surface area contributed by atoms with Crippen molar-refractivity contribution in [1.29, 1.82) is 0 Å². The summed E-state index contributed by atoms with van der Waals surface area (Å²) in [5.74, 6) is 0.167. The van der Waals surface area contributed by atoms with E-state index < -0.39 is 0 Å². The molecule has 1 aromatic rings. The fourth-order valence-electron chi connectivity index (χ4n) is 1.93. The van der Waals surface area contributed by atoms with Gasteiger partial charge in [-0.2, -0.15) is 0 Å². The van der Waals surface area contributed by atoms with E-state index in [0.29, 0.717) is 13.1 Å². The van der Waals surface area contributed by atoms with Crippen LogP contribution in [0, 0.1) is 11.7 Å². The first-order valence-corrected chi connectivity index (χ1v) is 7.33. The lowest BCUT2D eigenvalue weighted by atomic mass is 10.1. The largest absolute Gasteiger partial charge is 0.355 e. The highest BCUT2D eigenvalue weighted by atomic mass is 79.9. The zero-order valence-corrected chi connectivity index (χ0v) is 12.5. The third-order valence-electron chi connectivity index (χ3n) is 3.25. The second-order valence-electron chi connectivity index (χ2n) is 4.91. The van der Waals surface area contributed by atoms with Crippen molar-refractivity contribution in [3.05, 3.63) is 34.1 Å². The first-order chi connectivity index (χ1) is 9.08. The molecule has 104 valence electrons. The van der Waals surface area contributed by atoms with E-state index in [1.54, 1.807) is 6.07 Å². The van der Waals surface area contributed by atoms with Crippen molar-refractivity contribution in [1.82, 2.24) is 10.6 Å². The monoisotopic (exact) mass is 328 g/mol. The van der Waals surface area contributed by atoms with E-state index in [1.807, 2.05) is 6.92 Å². The molecule has 5 heteroatoms. The summed E-state index contributed by atoms with van der Waals surface area (Å²) in [6.45, 7) is 3.34. The van der Waals surface area contributed by atoms with Gasteiger partial charge in [0, 0.05) is 29.5 Å². The molecule has 1 atom stereocenters. The van der Waals surface area contributed by atoms with Crippen LogP contribution in [0.25, 0.3) is 0 Å². The Kier molecular flexibility index (Phi) is 4.93. The Balaban J connectivity index is 1.74. The zero-order chi connectivity index (χ0) is 13.8. The molecular weight excluding hydrogens is 311 g/mol. The van der Waals surface area contributed by atoms with E-state index >= 15 is 0 Å². The summed E-state index contributed by atoms with van der Waals surface area (Å²) >= 11 is 3.36. The van der Waals surface area contributed by atoms with Crippen LogP contribution in [-0.4, -0.2) is 19.0 Å². The summed E-state index contributed by atoms with van der Waals surface area (Å²) in [5.41, 5.74) is 1.01. The normalized spacial score (nSPS) is 16.2. The molecule has 19 heavy (non-hydrogen) atoms. The molecule has 1 aliphatic carbocycles. The SMILES string of the molecule is CC(NCCNC(=O)C1CC1)c1ccc(F)cc1Br. The molecule has 1 fully saturated rings. The van der Waals surface area contributed by atoms with Crippen molar-refractivity contribution in [2.75, 3.05) is 13.1 Å². The van der Waals surface area contributed by atoms with Gasteiger partial charge in [-0.05, 0) is 37.5 Å². The lowest BCUT2D eigenvalue weighted by Gasteiger charge is -2.16. The Bertz CT molecular complexity index is 463. The summed E-state index contributed by atoms with van der Waals surface area (Å²) in [7, 11) is 0. The number of carbonyl (C=O) groups excluding carboxylic acids is 1. The Morgan fingerprint density at radius 2 is 2.21 bits per heavy atom. The molecule has 1 aliphatic rings. The molecule has 1 unspecified atom stereocenters. The summed E-state index contributed by atoms with van der Waals surface area (Å²) in [4.78, 5) is 11.4. The maximum absolute atomic E-state index is 13.0. The van der Waals surface area contributed by atoms with E-state index in [4.69, 9.17) is 0 Å². The third kappa shape index (κ3) is 4.28. The highest BCUT2D eigenvalue weighted by Gasteiger charge is 2.28. The van der Waals surface area contributed by atoms with Crippen molar-refractivity contribution >= 4 is 21.8 Å². The summed E-state index contributed by atoms with van der Waals surface area (Å²) < 4.78 is 13.7. The number of benzene rings is 1. The van der Waals surface area contributed by atoms with Crippen LogP contribution >= 0.6 is 15.9 Å². The Morgan fingerprint density at radius 3 is 2.84 bits per heavy atom. The van der Waals surface area contributed by atoms with E-state index in [2.05, 4.69) is 26.6 Å². The van der Waals surface area contributed by atoms with Crippen LogP contribution in [0.1, 0.15) is 31.4 Å². The molecule has 2 N–H and O–H groups in total. The second-order valence-corrected chi connectivity index (χ2v) is 5.76. The van der Waals surface area contributed by atoms with Crippen molar-refractivity contribution in [3.63, 3.8) is 0 Å². The molecule has 2 rings (SSSR count). The van der Waals surface area contributed by atoms with Gasteiger partial charge in [0.2, 0.25) is 5.91 Å². The van der Waals surface area contributed by atoms with Gasteiger partial charge >= 0.3 is 0 Å². The molecular formula is C14H18BrFN2O.